The highest BCUT2D eigenvalue weighted by molar-refractivity contribution is 5.84. The van der Waals surface area contributed by atoms with Crippen LogP contribution in [-0.2, 0) is 0 Å². The summed E-state index contributed by atoms with van der Waals surface area (Å²) in [4.78, 5) is 26.0. The number of nitrogens with zero attached hydrogens (tertiary/aromatic N) is 1. The highest BCUT2D eigenvalue weighted by atomic mass is 16.4. The third kappa shape index (κ3) is 2.91. The van der Waals surface area contributed by atoms with E-state index in [0.29, 0.717) is 5.69 Å². The van der Waals surface area contributed by atoms with Gasteiger partial charge in [-0.2, -0.15) is 0 Å². The van der Waals surface area contributed by atoms with E-state index in [1.165, 1.54) is 12.1 Å². The number of carboxylic acid groups (broad SMARTS) is 1. The van der Waals surface area contributed by atoms with Gasteiger partial charge < -0.3 is 9.52 Å². The standard InChI is InChI=1S/C13H9NO4/c15-10-7-11(18-12(8-10)13(16)17)5-4-9-3-1-2-6-14-9/h1-8H,(H,16,17)/b5-4+. The lowest BCUT2D eigenvalue weighted by Crippen LogP contribution is -2.05. The van der Waals surface area contributed by atoms with Crippen molar-refractivity contribution in [3.8, 4) is 0 Å². The van der Waals surface area contributed by atoms with Crippen LogP contribution in [0.5, 0.6) is 0 Å². The van der Waals surface area contributed by atoms with Gasteiger partial charge in [0, 0.05) is 18.3 Å². The zero-order valence-electron chi connectivity index (χ0n) is 9.24. The summed E-state index contributed by atoms with van der Waals surface area (Å²) in [6, 6.07) is 7.51. The second-order valence-electron chi connectivity index (χ2n) is 3.45. The van der Waals surface area contributed by atoms with Gasteiger partial charge in [-0.25, -0.2) is 4.79 Å². The van der Waals surface area contributed by atoms with Gasteiger partial charge in [-0.05, 0) is 24.3 Å². The fourth-order valence-corrected chi connectivity index (χ4v) is 1.33. The van der Waals surface area contributed by atoms with E-state index in [1.54, 1.807) is 24.4 Å². The topological polar surface area (TPSA) is 80.4 Å². The van der Waals surface area contributed by atoms with Crippen LogP contribution in [0.1, 0.15) is 22.0 Å². The molecule has 1 N–H and O–H groups in total. The van der Waals surface area contributed by atoms with E-state index >= 15 is 0 Å². The second-order valence-corrected chi connectivity index (χ2v) is 3.45. The smallest absolute Gasteiger partial charge is 0.371 e. The summed E-state index contributed by atoms with van der Waals surface area (Å²) in [6.07, 6.45) is 4.75. The monoisotopic (exact) mass is 243 g/mol. The molecular weight excluding hydrogens is 234 g/mol. The van der Waals surface area contributed by atoms with Crippen LogP contribution in [0.15, 0.2) is 45.7 Å². The van der Waals surface area contributed by atoms with Crippen molar-refractivity contribution in [2.75, 3.05) is 0 Å². The number of carbonyl (C=O) groups is 1. The van der Waals surface area contributed by atoms with Crippen molar-refractivity contribution in [1.29, 1.82) is 0 Å². The molecule has 0 fully saturated rings. The van der Waals surface area contributed by atoms with Crippen LogP contribution in [-0.4, -0.2) is 16.1 Å². The molecular formula is C13H9NO4. The van der Waals surface area contributed by atoms with Crippen molar-refractivity contribution < 1.29 is 14.3 Å². The predicted molar refractivity (Wildman–Crippen MR) is 65.1 cm³/mol. The lowest BCUT2D eigenvalue weighted by molar-refractivity contribution is 0.0659. The van der Waals surface area contributed by atoms with Crippen LogP contribution in [0.3, 0.4) is 0 Å². The minimum Gasteiger partial charge on any atom is -0.475 e. The van der Waals surface area contributed by atoms with Gasteiger partial charge in [0.15, 0.2) is 5.43 Å². The van der Waals surface area contributed by atoms with Crippen LogP contribution in [0, 0.1) is 0 Å². The van der Waals surface area contributed by atoms with Gasteiger partial charge in [0.1, 0.15) is 5.76 Å². The summed E-state index contributed by atoms with van der Waals surface area (Å²) in [6.45, 7) is 0. The van der Waals surface area contributed by atoms with Gasteiger partial charge in [0.2, 0.25) is 5.76 Å². The molecule has 0 amide bonds. The quantitative estimate of drug-likeness (QED) is 0.890. The number of carboxylic acids is 1. The molecule has 0 saturated carbocycles. The number of aromatic nitrogens is 1. The Balaban J connectivity index is 2.32. The van der Waals surface area contributed by atoms with Crippen molar-refractivity contribution in [3.05, 3.63) is 64.0 Å². The maximum atomic E-state index is 11.3. The average Bonchev–Trinajstić information content (AvgIpc) is 2.37. The fraction of sp³-hybridized carbons (Fsp3) is 0. The Morgan fingerprint density at radius 3 is 2.78 bits per heavy atom. The molecule has 0 aromatic carbocycles. The number of hydrogen-bond acceptors (Lipinski definition) is 4. The van der Waals surface area contributed by atoms with Gasteiger partial charge >= 0.3 is 5.97 Å². The van der Waals surface area contributed by atoms with Crippen LogP contribution in [0.4, 0.5) is 0 Å². The number of pyridine rings is 1. The maximum Gasteiger partial charge on any atom is 0.371 e. The van der Waals surface area contributed by atoms with Gasteiger partial charge in [-0.3, -0.25) is 9.78 Å². The molecule has 0 spiro atoms. The van der Waals surface area contributed by atoms with Gasteiger partial charge in [0.05, 0.1) is 5.69 Å². The van der Waals surface area contributed by atoms with Crippen molar-refractivity contribution in [1.82, 2.24) is 4.98 Å². The van der Waals surface area contributed by atoms with Crippen LogP contribution in [0.25, 0.3) is 12.2 Å². The fourth-order valence-electron chi connectivity index (χ4n) is 1.33. The number of hydrogen-bond donors (Lipinski definition) is 1. The molecule has 90 valence electrons. The molecule has 0 unspecified atom stereocenters. The molecule has 0 aliphatic rings. The van der Waals surface area contributed by atoms with E-state index in [0.717, 1.165) is 6.07 Å². The van der Waals surface area contributed by atoms with Gasteiger partial charge in [-0.15, -0.1) is 0 Å². The summed E-state index contributed by atoms with van der Waals surface area (Å²) >= 11 is 0. The summed E-state index contributed by atoms with van der Waals surface area (Å²) in [5.41, 5.74) is 0.264. The molecule has 2 rings (SSSR count). The molecule has 5 nitrogen and oxygen atoms in total. The Hall–Kier alpha value is -2.69. The first-order chi connectivity index (χ1) is 8.65. The highest BCUT2D eigenvalue weighted by Gasteiger charge is 2.07. The summed E-state index contributed by atoms with van der Waals surface area (Å²) in [5.74, 6) is -1.49. The predicted octanol–water partition coefficient (Wildman–Crippen LogP) is 1.90. The summed E-state index contributed by atoms with van der Waals surface area (Å²) in [5, 5.41) is 8.75. The maximum absolute atomic E-state index is 11.3. The number of aromatic carboxylic acids is 1. The molecule has 2 aromatic rings. The Morgan fingerprint density at radius 1 is 1.28 bits per heavy atom. The minimum absolute atomic E-state index is 0.172. The Morgan fingerprint density at radius 2 is 2.11 bits per heavy atom. The Bertz CT molecular complexity index is 644. The molecule has 2 aromatic heterocycles. The molecule has 0 radical (unpaired) electrons. The highest BCUT2D eigenvalue weighted by Crippen LogP contribution is 2.07. The largest absolute Gasteiger partial charge is 0.475 e. The SMILES string of the molecule is O=C(O)c1cc(=O)cc(/C=C/c2ccccn2)o1. The second kappa shape index (κ2) is 5.09. The first-order valence-corrected chi connectivity index (χ1v) is 5.13. The third-order valence-corrected chi connectivity index (χ3v) is 2.10. The van der Waals surface area contributed by atoms with Crippen molar-refractivity contribution in [3.63, 3.8) is 0 Å². The Labute approximate surface area is 102 Å². The molecule has 0 aliphatic carbocycles. The van der Waals surface area contributed by atoms with Crippen molar-refractivity contribution in [2.45, 2.75) is 0 Å². The van der Waals surface area contributed by atoms with Crippen LogP contribution >= 0.6 is 0 Å². The van der Waals surface area contributed by atoms with Crippen molar-refractivity contribution in [2.24, 2.45) is 0 Å². The van der Waals surface area contributed by atoms with E-state index in [4.69, 9.17) is 9.52 Å². The zero-order chi connectivity index (χ0) is 13.0. The number of rotatable bonds is 3. The molecule has 0 aliphatic heterocycles. The van der Waals surface area contributed by atoms with E-state index in [1.807, 2.05) is 6.07 Å². The van der Waals surface area contributed by atoms with E-state index < -0.39 is 11.4 Å². The van der Waals surface area contributed by atoms with Gasteiger partial charge in [0.25, 0.3) is 0 Å². The zero-order valence-corrected chi connectivity index (χ0v) is 9.24. The first-order valence-electron chi connectivity index (χ1n) is 5.13. The molecule has 18 heavy (non-hydrogen) atoms. The molecule has 5 heteroatoms. The van der Waals surface area contributed by atoms with E-state index in [-0.39, 0.29) is 11.5 Å². The molecule has 0 atom stereocenters. The molecule has 0 bridgehead atoms. The summed E-state index contributed by atoms with van der Waals surface area (Å²) < 4.78 is 5.03. The average molecular weight is 243 g/mol. The van der Waals surface area contributed by atoms with Gasteiger partial charge in [-0.1, -0.05) is 6.07 Å². The van der Waals surface area contributed by atoms with Crippen LogP contribution in [0.2, 0.25) is 0 Å². The third-order valence-electron chi connectivity index (χ3n) is 2.10. The lowest BCUT2D eigenvalue weighted by atomic mass is 10.3. The normalized spacial score (nSPS) is 10.7. The van der Waals surface area contributed by atoms with E-state index in [9.17, 15) is 9.59 Å². The minimum atomic E-state index is -1.28. The van der Waals surface area contributed by atoms with E-state index in [2.05, 4.69) is 4.98 Å². The van der Waals surface area contributed by atoms with Crippen molar-refractivity contribution >= 4 is 18.1 Å². The lowest BCUT2D eigenvalue weighted by Gasteiger charge is -1.96. The first kappa shape index (κ1) is 11.8. The summed E-state index contributed by atoms with van der Waals surface area (Å²) in [7, 11) is 0. The molecule has 0 saturated heterocycles. The molecule has 2 heterocycles. The Kier molecular flexibility index (Phi) is 3.33. The van der Waals surface area contributed by atoms with Crippen LogP contribution < -0.4 is 5.43 Å².